The molecule has 0 amide bonds. The Labute approximate surface area is 89.6 Å². The molecule has 5 nitrogen and oxygen atoms in total. The van der Waals surface area contributed by atoms with Crippen molar-refractivity contribution in [3.63, 3.8) is 0 Å². The third-order valence-electron chi connectivity index (χ3n) is 2.77. The number of rotatable bonds is 2. The summed E-state index contributed by atoms with van der Waals surface area (Å²) in [6, 6.07) is 0. The van der Waals surface area contributed by atoms with E-state index >= 15 is 0 Å². The van der Waals surface area contributed by atoms with Gasteiger partial charge >= 0.3 is 0 Å². The first-order chi connectivity index (χ1) is 6.86. The zero-order valence-electron chi connectivity index (χ0n) is 8.26. The molecule has 0 aliphatic carbocycles. The van der Waals surface area contributed by atoms with Crippen molar-refractivity contribution in [2.24, 2.45) is 0 Å². The van der Waals surface area contributed by atoms with E-state index in [2.05, 4.69) is 0 Å². The molecule has 0 aromatic rings. The molecule has 15 heavy (non-hydrogen) atoms. The Kier molecular flexibility index (Phi) is 2.81. The molecule has 0 aromatic heterocycles. The van der Waals surface area contributed by atoms with Crippen LogP contribution in [0, 0.1) is 0 Å². The first kappa shape index (κ1) is 11.3. The summed E-state index contributed by atoms with van der Waals surface area (Å²) in [6.45, 7) is 0. The second kappa shape index (κ2) is 3.71. The fourth-order valence-electron chi connectivity index (χ4n) is 2.01. The summed E-state index contributed by atoms with van der Waals surface area (Å²) in [7, 11) is -5.88. The van der Waals surface area contributed by atoms with Gasteiger partial charge < -0.3 is 4.74 Å². The highest BCUT2D eigenvalue weighted by molar-refractivity contribution is 7.92. The van der Waals surface area contributed by atoms with Crippen LogP contribution < -0.4 is 0 Å². The topological polar surface area (TPSA) is 77.5 Å². The van der Waals surface area contributed by atoms with Crippen LogP contribution in [0.1, 0.15) is 12.8 Å². The highest BCUT2D eigenvalue weighted by Crippen LogP contribution is 2.21. The third-order valence-corrected chi connectivity index (χ3v) is 6.24. The second-order valence-corrected chi connectivity index (χ2v) is 8.64. The quantitative estimate of drug-likeness (QED) is 0.656. The van der Waals surface area contributed by atoms with Crippen LogP contribution in [0.5, 0.6) is 0 Å². The average molecular weight is 254 g/mol. The molecule has 0 unspecified atom stereocenters. The molecule has 0 N–H and O–H groups in total. The van der Waals surface area contributed by atoms with Crippen LogP contribution in [0.4, 0.5) is 0 Å². The molecule has 2 saturated heterocycles. The Morgan fingerprint density at radius 1 is 0.800 bits per heavy atom. The summed E-state index contributed by atoms with van der Waals surface area (Å²) in [6.07, 6.45) is 0.402. The van der Waals surface area contributed by atoms with E-state index in [1.807, 2.05) is 0 Å². The molecular weight excluding hydrogens is 240 g/mol. The Morgan fingerprint density at radius 3 is 1.47 bits per heavy atom. The molecule has 2 aliphatic rings. The van der Waals surface area contributed by atoms with Crippen molar-refractivity contribution < 1.29 is 21.6 Å². The lowest BCUT2D eigenvalue weighted by Gasteiger charge is -2.14. The highest BCUT2D eigenvalue weighted by atomic mass is 32.2. The minimum Gasteiger partial charge on any atom is -0.373 e. The molecule has 88 valence electrons. The minimum absolute atomic E-state index is 0.0452. The van der Waals surface area contributed by atoms with E-state index in [1.54, 1.807) is 0 Å². The molecule has 2 aliphatic heterocycles. The fourth-order valence-corrected chi connectivity index (χ4v) is 5.21. The van der Waals surface area contributed by atoms with E-state index in [0.29, 0.717) is 12.8 Å². The van der Waals surface area contributed by atoms with Crippen molar-refractivity contribution in [2.75, 3.05) is 23.0 Å². The van der Waals surface area contributed by atoms with Crippen molar-refractivity contribution in [3.8, 4) is 0 Å². The van der Waals surface area contributed by atoms with Crippen molar-refractivity contribution in [1.29, 1.82) is 0 Å². The normalized spacial score (nSPS) is 38.1. The van der Waals surface area contributed by atoms with Crippen LogP contribution in [-0.2, 0) is 24.4 Å². The minimum atomic E-state index is -2.94. The van der Waals surface area contributed by atoms with Crippen LogP contribution in [0.3, 0.4) is 0 Å². The molecule has 7 heteroatoms. The van der Waals surface area contributed by atoms with Gasteiger partial charge in [-0.2, -0.15) is 0 Å². The van der Waals surface area contributed by atoms with E-state index in [0.717, 1.165) is 0 Å². The molecule has 0 radical (unpaired) electrons. The van der Waals surface area contributed by atoms with Crippen LogP contribution >= 0.6 is 0 Å². The van der Waals surface area contributed by atoms with Gasteiger partial charge in [-0.3, -0.25) is 0 Å². The Hall–Kier alpha value is -0.140. The van der Waals surface area contributed by atoms with Gasteiger partial charge in [0.2, 0.25) is 0 Å². The molecule has 0 saturated carbocycles. The van der Waals surface area contributed by atoms with Gasteiger partial charge in [0, 0.05) is 0 Å². The Balaban J connectivity index is 1.90. The van der Waals surface area contributed by atoms with Gasteiger partial charge in [0.25, 0.3) is 0 Å². The molecule has 2 rings (SSSR count). The Bertz CT molecular complexity index is 394. The van der Waals surface area contributed by atoms with Crippen molar-refractivity contribution >= 4 is 19.7 Å². The molecule has 2 fully saturated rings. The van der Waals surface area contributed by atoms with E-state index in [-0.39, 0.29) is 35.2 Å². The predicted molar refractivity (Wildman–Crippen MR) is 55.2 cm³/mol. The summed E-state index contributed by atoms with van der Waals surface area (Å²) in [5.74, 6) is 0.418. The smallest absolute Gasteiger partial charge is 0.152 e. The number of hydrogen-bond acceptors (Lipinski definition) is 5. The maximum absolute atomic E-state index is 11.1. The monoisotopic (exact) mass is 254 g/mol. The predicted octanol–water partition coefficient (Wildman–Crippen LogP) is -0.623. The van der Waals surface area contributed by atoms with Gasteiger partial charge in [-0.25, -0.2) is 16.8 Å². The lowest BCUT2D eigenvalue weighted by Crippen LogP contribution is -2.24. The van der Waals surface area contributed by atoms with E-state index in [4.69, 9.17) is 4.74 Å². The molecular formula is C8H14O5S2. The van der Waals surface area contributed by atoms with Crippen LogP contribution in [0.2, 0.25) is 0 Å². The van der Waals surface area contributed by atoms with E-state index < -0.39 is 19.7 Å². The summed E-state index contributed by atoms with van der Waals surface area (Å²) in [4.78, 5) is 0. The summed E-state index contributed by atoms with van der Waals surface area (Å²) < 4.78 is 50.1. The van der Waals surface area contributed by atoms with E-state index in [1.165, 1.54) is 0 Å². The molecule has 0 aromatic carbocycles. The zero-order valence-corrected chi connectivity index (χ0v) is 9.89. The first-order valence-corrected chi connectivity index (χ1v) is 8.57. The van der Waals surface area contributed by atoms with Gasteiger partial charge in [0.15, 0.2) is 19.7 Å². The molecule has 2 atom stereocenters. The lowest BCUT2D eigenvalue weighted by molar-refractivity contribution is 0.0171. The summed E-state index contributed by atoms with van der Waals surface area (Å²) in [5, 5.41) is 0. The van der Waals surface area contributed by atoms with Gasteiger partial charge in [0.1, 0.15) is 0 Å². The van der Waals surface area contributed by atoms with Crippen molar-refractivity contribution in [2.45, 2.75) is 25.0 Å². The van der Waals surface area contributed by atoms with Gasteiger partial charge in [0.05, 0.1) is 35.2 Å². The third kappa shape index (κ3) is 2.92. The van der Waals surface area contributed by atoms with Crippen LogP contribution in [-0.4, -0.2) is 52.1 Å². The van der Waals surface area contributed by atoms with Gasteiger partial charge in [-0.15, -0.1) is 0 Å². The SMILES string of the molecule is O=S1(=O)CC[C@H](O[C@H]2CCS(=O)(=O)C2)C1. The van der Waals surface area contributed by atoms with Crippen molar-refractivity contribution in [1.82, 2.24) is 0 Å². The molecule has 2 heterocycles. The maximum atomic E-state index is 11.1. The number of sulfone groups is 2. The van der Waals surface area contributed by atoms with Gasteiger partial charge in [-0.05, 0) is 12.8 Å². The van der Waals surface area contributed by atoms with Gasteiger partial charge in [-0.1, -0.05) is 0 Å². The van der Waals surface area contributed by atoms with E-state index in [9.17, 15) is 16.8 Å². The number of hydrogen-bond donors (Lipinski definition) is 0. The molecule has 0 bridgehead atoms. The summed E-state index contributed by atoms with van der Waals surface area (Å²) in [5.41, 5.74) is 0. The van der Waals surface area contributed by atoms with Crippen LogP contribution in [0.15, 0.2) is 0 Å². The second-order valence-electron chi connectivity index (χ2n) is 4.19. The maximum Gasteiger partial charge on any atom is 0.152 e. The fraction of sp³-hybridized carbons (Fsp3) is 1.00. The highest BCUT2D eigenvalue weighted by Gasteiger charge is 2.34. The summed E-state index contributed by atoms with van der Waals surface area (Å²) >= 11 is 0. The number of ether oxygens (including phenoxy) is 1. The van der Waals surface area contributed by atoms with Crippen LogP contribution in [0.25, 0.3) is 0 Å². The zero-order chi connectivity index (χ0) is 11.1. The standard InChI is InChI=1S/C8H14O5S2/c9-14(10)3-1-7(5-14)13-8-2-4-15(11,12)6-8/h7-8H,1-6H2/t7-,8-/m0/s1. The average Bonchev–Trinajstić information content (AvgIpc) is 2.56. The van der Waals surface area contributed by atoms with Crippen molar-refractivity contribution in [3.05, 3.63) is 0 Å². The lowest BCUT2D eigenvalue weighted by atomic mass is 10.3. The Morgan fingerprint density at radius 2 is 1.20 bits per heavy atom. The first-order valence-electron chi connectivity index (χ1n) is 4.93. The molecule has 0 spiro atoms. The largest absolute Gasteiger partial charge is 0.373 e.